The van der Waals surface area contributed by atoms with E-state index in [1.54, 1.807) is 48.5 Å². The highest BCUT2D eigenvalue weighted by Gasteiger charge is 2.25. The van der Waals surface area contributed by atoms with Crippen LogP contribution in [-0.4, -0.2) is 97.4 Å². The molecule has 1 saturated carbocycles. The zero-order valence-corrected chi connectivity index (χ0v) is 38.1. The fourth-order valence-electron chi connectivity index (χ4n) is 8.55. The minimum atomic E-state index is -0.447. The summed E-state index contributed by atoms with van der Waals surface area (Å²) < 4.78 is 7.46. The molecule has 2 aliphatic rings. The standard InChI is InChI=1S/C50H57ClN8O7/c1-32(2)41-28-42(45(61)29-44(41)60)47-55-56-50(65)59(47)38-17-8-33(9-18-38)31-57-23-25-58(26-24-57)46(62)7-5-3-4-6-22-53-48(63)34-10-12-35(13-11-34)49(64)54-37-15-20-39(21-16-37)66-40-19-14-36(30-52)43(51)27-40/h8-14,17-19,27-29,32,37,39,60-61H,3-7,15-16,20-26,31H2,1-2H3,(H,53,63)(H,54,64)(H,56,65). The van der Waals surface area contributed by atoms with Crippen LogP contribution in [0, 0.1) is 11.3 Å². The molecule has 0 spiro atoms. The molecule has 5 N–H and O–H groups in total. The molecule has 7 rings (SSSR count). The SMILES string of the molecule is CC(C)c1cc(-c2n[nH]c(=O)n2-c2ccc(CN3CCN(C(=O)CCCCCCNC(=O)c4ccc(C(=O)NC5CCC(Oc6ccc(C#N)c(Cl)c6)CC5)cc4)CC3)cc2)c(O)cc1O. The van der Waals surface area contributed by atoms with Gasteiger partial charge in [-0.25, -0.2) is 14.5 Å². The third-order valence-electron chi connectivity index (χ3n) is 12.4. The summed E-state index contributed by atoms with van der Waals surface area (Å²) in [7, 11) is 0. The number of phenolic OH excluding ortho intramolecular Hbond substituents is 2. The first-order valence-corrected chi connectivity index (χ1v) is 23.1. The van der Waals surface area contributed by atoms with E-state index in [-0.39, 0.29) is 53.1 Å². The highest BCUT2D eigenvalue weighted by atomic mass is 35.5. The van der Waals surface area contributed by atoms with Crippen molar-refractivity contribution < 1.29 is 29.3 Å². The van der Waals surface area contributed by atoms with Crippen molar-refractivity contribution in [3.05, 3.63) is 122 Å². The van der Waals surface area contributed by atoms with Crippen molar-refractivity contribution in [2.45, 2.75) is 96.2 Å². The van der Waals surface area contributed by atoms with Crippen LogP contribution in [0.3, 0.4) is 0 Å². The van der Waals surface area contributed by atoms with E-state index in [4.69, 9.17) is 21.6 Å². The average molecular weight is 918 g/mol. The minimum Gasteiger partial charge on any atom is -0.508 e. The molecule has 16 heteroatoms. The molecule has 15 nitrogen and oxygen atoms in total. The van der Waals surface area contributed by atoms with Gasteiger partial charge in [-0.15, -0.1) is 0 Å². The number of H-pyrrole nitrogens is 1. The molecule has 66 heavy (non-hydrogen) atoms. The maximum Gasteiger partial charge on any atom is 0.348 e. The number of nitrogens with zero attached hydrogens (tertiary/aromatic N) is 5. The molecule has 0 radical (unpaired) electrons. The number of aromatic hydroxyl groups is 2. The molecule has 2 heterocycles. The van der Waals surface area contributed by atoms with E-state index in [0.717, 1.165) is 70.0 Å². The van der Waals surface area contributed by atoms with Crippen molar-refractivity contribution in [3.8, 4) is 40.4 Å². The van der Waals surface area contributed by atoms with Gasteiger partial charge in [-0.1, -0.05) is 50.4 Å². The topological polar surface area (TPSA) is 206 Å². The van der Waals surface area contributed by atoms with Gasteiger partial charge in [-0.3, -0.25) is 19.3 Å². The number of hydrogen-bond acceptors (Lipinski definition) is 10. The summed E-state index contributed by atoms with van der Waals surface area (Å²) in [6, 6.07) is 24.3. The van der Waals surface area contributed by atoms with Gasteiger partial charge < -0.3 is 30.5 Å². The summed E-state index contributed by atoms with van der Waals surface area (Å²) in [5, 5.41) is 43.1. The lowest BCUT2D eigenvalue weighted by atomic mass is 9.92. The van der Waals surface area contributed by atoms with Crippen LogP contribution in [0.1, 0.15) is 115 Å². The number of hydrogen-bond donors (Lipinski definition) is 5. The van der Waals surface area contributed by atoms with E-state index in [9.17, 15) is 29.4 Å². The molecular weight excluding hydrogens is 860 g/mol. The van der Waals surface area contributed by atoms with Crippen LogP contribution in [0.15, 0.2) is 83.7 Å². The van der Waals surface area contributed by atoms with Crippen molar-refractivity contribution in [2.75, 3.05) is 32.7 Å². The Morgan fingerprint density at radius 2 is 1.55 bits per heavy atom. The summed E-state index contributed by atoms with van der Waals surface area (Å²) in [5.41, 5.74) is 3.57. The van der Waals surface area contributed by atoms with E-state index in [1.807, 2.05) is 49.1 Å². The minimum absolute atomic E-state index is 0.00703. The first-order valence-electron chi connectivity index (χ1n) is 22.8. The number of amides is 3. The predicted molar refractivity (Wildman–Crippen MR) is 251 cm³/mol. The van der Waals surface area contributed by atoms with E-state index >= 15 is 0 Å². The number of halogens is 1. The maximum absolute atomic E-state index is 13.0. The summed E-state index contributed by atoms with van der Waals surface area (Å²) in [6.07, 6.45) is 6.99. The van der Waals surface area contributed by atoms with Gasteiger partial charge in [0.2, 0.25) is 5.91 Å². The lowest BCUT2D eigenvalue weighted by Gasteiger charge is -2.35. The molecule has 0 atom stereocenters. The Bertz CT molecular complexity index is 2590. The number of nitrogens with one attached hydrogen (secondary N) is 3. The number of aromatic amines is 1. The number of carbonyl (C=O) groups is 3. The molecule has 3 amide bonds. The van der Waals surface area contributed by atoms with Gasteiger partial charge in [0.1, 0.15) is 23.3 Å². The smallest absolute Gasteiger partial charge is 0.348 e. The number of benzene rings is 4. The quantitative estimate of drug-likeness (QED) is 0.0584. The van der Waals surface area contributed by atoms with Gasteiger partial charge in [0.25, 0.3) is 11.8 Å². The van der Waals surface area contributed by atoms with Crippen LogP contribution < -0.4 is 21.1 Å². The lowest BCUT2D eigenvalue weighted by Crippen LogP contribution is -2.48. The second-order valence-electron chi connectivity index (χ2n) is 17.4. The number of aromatic nitrogens is 3. The number of phenols is 2. The highest BCUT2D eigenvalue weighted by molar-refractivity contribution is 6.31. The number of carbonyl (C=O) groups excluding carboxylic acids is 3. The Morgan fingerprint density at radius 3 is 2.21 bits per heavy atom. The Kier molecular flexibility index (Phi) is 15.8. The Labute approximate surface area is 389 Å². The summed E-state index contributed by atoms with van der Waals surface area (Å²) in [5.74, 6) is 0.466. The van der Waals surface area contributed by atoms with Crippen LogP contribution >= 0.6 is 11.6 Å². The third kappa shape index (κ3) is 12.0. The fourth-order valence-corrected chi connectivity index (χ4v) is 8.77. The molecule has 0 unspecified atom stereocenters. The molecule has 1 aliphatic carbocycles. The molecule has 346 valence electrons. The van der Waals surface area contributed by atoms with Gasteiger partial charge >= 0.3 is 5.69 Å². The highest BCUT2D eigenvalue weighted by Crippen LogP contribution is 2.37. The molecule has 1 aromatic heterocycles. The molecular formula is C50H57ClN8O7. The van der Waals surface area contributed by atoms with Gasteiger partial charge in [0, 0.05) is 75.0 Å². The zero-order chi connectivity index (χ0) is 46.7. The van der Waals surface area contributed by atoms with E-state index in [2.05, 4.69) is 25.7 Å². The molecule has 0 bridgehead atoms. The van der Waals surface area contributed by atoms with Crippen molar-refractivity contribution in [1.29, 1.82) is 5.26 Å². The van der Waals surface area contributed by atoms with Gasteiger partial charge in [-0.2, -0.15) is 10.4 Å². The predicted octanol–water partition coefficient (Wildman–Crippen LogP) is 7.43. The number of unbranched alkanes of at least 4 members (excludes halogenated alkanes) is 3. The number of ether oxygens (including phenoxy) is 1. The van der Waals surface area contributed by atoms with Gasteiger partial charge in [0.05, 0.1) is 27.9 Å². The second-order valence-corrected chi connectivity index (χ2v) is 17.8. The van der Waals surface area contributed by atoms with Crippen LogP contribution in [0.4, 0.5) is 0 Å². The Hall–Kier alpha value is -6.63. The van der Waals surface area contributed by atoms with Crippen LogP contribution in [0.25, 0.3) is 17.1 Å². The van der Waals surface area contributed by atoms with Crippen LogP contribution in [0.2, 0.25) is 5.02 Å². The molecule has 4 aromatic carbocycles. The largest absolute Gasteiger partial charge is 0.508 e. The zero-order valence-electron chi connectivity index (χ0n) is 37.4. The van der Waals surface area contributed by atoms with Crippen molar-refractivity contribution >= 4 is 29.3 Å². The third-order valence-corrected chi connectivity index (χ3v) is 12.7. The number of piperazine rings is 1. The summed E-state index contributed by atoms with van der Waals surface area (Å²) in [4.78, 5) is 55.8. The molecule has 5 aromatic rings. The second kappa shape index (κ2) is 22.0. The lowest BCUT2D eigenvalue weighted by molar-refractivity contribution is -0.133. The first kappa shape index (κ1) is 47.3. The normalized spacial score (nSPS) is 16.4. The summed E-state index contributed by atoms with van der Waals surface area (Å²) >= 11 is 6.14. The summed E-state index contributed by atoms with van der Waals surface area (Å²) in [6.45, 7) is 7.91. The molecule has 2 fully saturated rings. The van der Waals surface area contributed by atoms with E-state index < -0.39 is 5.69 Å². The number of nitriles is 1. The van der Waals surface area contributed by atoms with Crippen molar-refractivity contribution in [3.63, 3.8) is 0 Å². The monoisotopic (exact) mass is 916 g/mol. The van der Waals surface area contributed by atoms with Crippen LogP contribution in [-0.2, 0) is 11.3 Å². The van der Waals surface area contributed by atoms with Gasteiger partial charge in [-0.05, 0) is 110 Å². The number of rotatable bonds is 17. The Balaban J connectivity index is 0.750. The molecule has 1 aliphatic heterocycles. The van der Waals surface area contributed by atoms with Crippen molar-refractivity contribution in [1.82, 2.24) is 35.2 Å². The van der Waals surface area contributed by atoms with Crippen LogP contribution in [0.5, 0.6) is 17.2 Å². The van der Waals surface area contributed by atoms with E-state index in [0.29, 0.717) is 76.9 Å². The maximum atomic E-state index is 13.0. The average Bonchev–Trinajstić information content (AvgIpc) is 3.70. The van der Waals surface area contributed by atoms with E-state index in [1.165, 1.54) is 10.6 Å². The first-order chi connectivity index (χ1) is 31.9. The molecule has 1 saturated heterocycles. The van der Waals surface area contributed by atoms with Crippen molar-refractivity contribution in [2.24, 2.45) is 0 Å². The fraction of sp³-hybridized carbons (Fsp3) is 0.400. The Morgan fingerprint density at radius 1 is 0.864 bits per heavy atom. The van der Waals surface area contributed by atoms with Gasteiger partial charge in [0.15, 0.2) is 5.82 Å².